The van der Waals surface area contributed by atoms with Gasteiger partial charge in [0.1, 0.15) is 17.2 Å². The number of carbonyl (C=O) groups excluding carboxylic acids is 3. The van der Waals surface area contributed by atoms with E-state index in [2.05, 4.69) is 10.6 Å². The van der Waals surface area contributed by atoms with Gasteiger partial charge in [0.25, 0.3) is 11.8 Å². The first-order chi connectivity index (χ1) is 18.0. The summed E-state index contributed by atoms with van der Waals surface area (Å²) in [6.45, 7) is 0. The van der Waals surface area contributed by atoms with Crippen molar-refractivity contribution in [3.63, 3.8) is 0 Å². The molecule has 3 aromatic carbocycles. The van der Waals surface area contributed by atoms with Crippen LogP contribution >= 0.6 is 11.8 Å². The van der Waals surface area contributed by atoms with Crippen molar-refractivity contribution in [1.29, 1.82) is 0 Å². The van der Waals surface area contributed by atoms with E-state index in [9.17, 15) is 14.4 Å². The average molecular weight is 513 g/mol. The maximum absolute atomic E-state index is 13.0. The predicted molar refractivity (Wildman–Crippen MR) is 144 cm³/mol. The minimum absolute atomic E-state index is 0.0110. The van der Waals surface area contributed by atoms with Crippen LogP contribution in [0.2, 0.25) is 0 Å². The monoisotopic (exact) mass is 512 g/mol. The highest BCUT2D eigenvalue weighted by atomic mass is 32.2. The van der Waals surface area contributed by atoms with Crippen molar-refractivity contribution in [2.75, 3.05) is 18.2 Å². The molecule has 8 heteroatoms. The number of hydrogen-bond donors (Lipinski definition) is 2. The van der Waals surface area contributed by atoms with E-state index in [1.807, 2.05) is 12.1 Å². The lowest BCUT2D eigenvalue weighted by molar-refractivity contribution is -0.113. The topological polar surface area (TPSA) is 97.6 Å². The number of benzene rings is 3. The second kappa shape index (κ2) is 12.4. The number of amides is 2. The van der Waals surface area contributed by atoms with Crippen LogP contribution < -0.4 is 15.4 Å². The number of hydrogen-bond acceptors (Lipinski definition) is 6. The lowest BCUT2D eigenvalue weighted by Gasteiger charge is -2.11. The summed E-state index contributed by atoms with van der Waals surface area (Å²) in [6, 6.07) is 26.1. The van der Waals surface area contributed by atoms with Crippen LogP contribution in [-0.4, -0.2) is 30.5 Å². The summed E-state index contributed by atoms with van der Waals surface area (Å²) in [7, 11) is 1.56. The number of nitrogens with one attached hydrogen (secondary N) is 2. The minimum Gasteiger partial charge on any atom is -0.497 e. The minimum atomic E-state index is -0.505. The molecule has 0 spiro atoms. The highest BCUT2D eigenvalue weighted by Crippen LogP contribution is 2.23. The van der Waals surface area contributed by atoms with Gasteiger partial charge in [0.15, 0.2) is 5.78 Å². The number of furan rings is 1. The highest BCUT2D eigenvalue weighted by molar-refractivity contribution is 8.00. The van der Waals surface area contributed by atoms with Crippen LogP contribution in [0.5, 0.6) is 5.75 Å². The maximum Gasteiger partial charge on any atom is 0.272 e. The summed E-state index contributed by atoms with van der Waals surface area (Å²) in [5.41, 5.74) is 1.58. The van der Waals surface area contributed by atoms with Crippen LogP contribution in [0.25, 0.3) is 6.08 Å². The van der Waals surface area contributed by atoms with Gasteiger partial charge in [0, 0.05) is 27.8 Å². The molecule has 0 unspecified atom stereocenters. The summed E-state index contributed by atoms with van der Waals surface area (Å²) in [4.78, 5) is 39.1. The van der Waals surface area contributed by atoms with Gasteiger partial charge in [-0.25, -0.2) is 0 Å². The Morgan fingerprint density at radius 2 is 1.65 bits per heavy atom. The molecular formula is C29H24N2O5S. The second-order valence-electron chi connectivity index (χ2n) is 7.82. The summed E-state index contributed by atoms with van der Waals surface area (Å²) >= 11 is 1.40. The lowest BCUT2D eigenvalue weighted by atomic mass is 10.1. The zero-order chi connectivity index (χ0) is 26.0. The Labute approximate surface area is 218 Å². The standard InChI is InChI=1S/C29H24N2O5S/c1-35-23-10-5-9-21(17-23)27(32)19-37-25-14-12-22(13-15-25)30-29(34)26(18-24-11-6-16-36-24)31-28(33)20-7-3-2-4-8-20/h2-18H,19H2,1H3,(H,30,34)(H,31,33)/b26-18-. The van der Waals surface area contributed by atoms with E-state index < -0.39 is 11.8 Å². The molecule has 2 N–H and O–H groups in total. The lowest BCUT2D eigenvalue weighted by Crippen LogP contribution is -2.30. The normalized spacial score (nSPS) is 11.0. The quantitative estimate of drug-likeness (QED) is 0.161. The molecule has 4 aromatic rings. The molecule has 0 saturated heterocycles. The Morgan fingerprint density at radius 3 is 2.35 bits per heavy atom. The fourth-order valence-electron chi connectivity index (χ4n) is 3.32. The van der Waals surface area contributed by atoms with Crippen LogP contribution in [0.3, 0.4) is 0 Å². The Balaban J connectivity index is 1.39. The van der Waals surface area contributed by atoms with Crippen molar-refractivity contribution >= 4 is 41.1 Å². The molecule has 7 nitrogen and oxygen atoms in total. The van der Waals surface area contributed by atoms with Crippen LogP contribution in [0.15, 0.2) is 112 Å². The number of anilines is 1. The molecule has 186 valence electrons. The largest absolute Gasteiger partial charge is 0.497 e. The molecular weight excluding hydrogens is 488 g/mol. The number of ketones is 1. The Morgan fingerprint density at radius 1 is 0.892 bits per heavy atom. The van der Waals surface area contributed by atoms with Crippen LogP contribution in [-0.2, 0) is 4.79 Å². The molecule has 0 radical (unpaired) electrons. The number of carbonyl (C=O) groups is 3. The third-order valence-corrected chi connectivity index (χ3v) is 6.24. The molecule has 1 aromatic heterocycles. The second-order valence-corrected chi connectivity index (χ2v) is 8.86. The smallest absolute Gasteiger partial charge is 0.272 e. The molecule has 0 aliphatic rings. The fraction of sp³-hybridized carbons (Fsp3) is 0.0690. The molecule has 2 amide bonds. The van der Waals surface area contributed by atoms with Crippen LogP contribution in [0.1, 0.15) is 26.5 Å². The zero-order valence-corrected chi connectivity index (χ0v) is 20.8. The van der Waals surface area contributed by atoms with Crippen molar-refractivity contribution in [1.82, 2.24) is 5.32 Å². The van der Waals surface area contributed by atoms with Crippen LogP contribution in [0, 0.1) is 0 Å². The maximum atomic E-state index is 13.0. The summed E-state index contributed by atoms with van der Waals surface area (Å²) in [5, 5.41) is 5.45. The van der Waals surface area contributed by atoms with E-state index in [0.29, 0.717) is 28.3 Å². The van der Waals surface area contributed by atoms with Gasteiger partial charge in [-0.1, -0.05) is 30.3 Å². The summed E-state index contributed by atoms with van der Waals surface area (Å²) in [6.07, 6.45) is 2.94. The molecule has 0 aliphatic heterocycles. The number of methoxy groups -OCH3 is 1. The Bertz CT molecular complexity index is 1400. The number of Topliss-reactive ketones (excluding diaryl/α,β-unsaturated/α-hetero) is 1. The molecule has 37 heavy (non-hydrogen) atoms. The van der Waals surface area contributed by atoms with Crippen molar-refractivity contribution in [2.45, 2.75) is 4.90 Å². The highest BCUT2D eigenvalue weighted by Gasteiger charge is 2.16. The van der Waals surface area contributed by atoms with E-state index in [4.69, 9.17) is 9.15 Å². The van der Waals surface area contributed by atoms with Crippen molar-refractivity contribution in [3.8, 4) is 5.75 Å². The van der Waals surface area contributed by atoms with E-state index in [0.717, 1.165) is 4.90 Å². The van der Waals surface area contributed by atoms with E-state index in [-0.39, 0.29) is 17.2 Å². The molecule has 1 heterocycles. The van der Waals surface area contributed by atoms with Gasteiger partial charge in [-0.05, 0) is 60.7 Å². The number of thioether (sulfide) groups is 1. The molecule has 0 fully saturated rings. The zero-order valence-electron chi connectivity index (χ0n) is 20.0. The first kappa shape index (κ1) is 25.5. The SMILES string of the molecule is COc1cccc(C(=O)CSc2ccc(NC(=O)/C(=C/c3ccco3)NC(=O)c3ccccc3)cc2)c1. The number of rotatable bonds is 10. The first-order valence-corrected chi connectivity index (χ1v) is 12.3. The van der Waals surface area contributed by atoms with Gasteiger partial charge in [-0.3, -0.25) is 14.4 Å². The van der Waals surface area contributed by atoms with E-state index in [1.165, 1.54) is 24.1 Å². The summed E-state index contributed by atoms with van der Waals surface area (Å²) in [5.74, 6) is 0.390. The fourth-order valence-corrected chi connectivity index (χ4v) is 4.11. The Kier molecular flexibility index (Phi) is 8.57. The van der Waals surface area contributed by atoms with Gasteiger partial charge in [0.05, 0.1) is 19.1 Å². The van der Waals surface area contributed by atoms with Gasteiger partial charge in [-0.15, -0.1) is 11.8 Å². The molecule has 0 atom stereocenters. The Hall–Kier alpha value is -4.56. The molecule has 0 saturated carbocycles. The van der Waals surface area contributed by atoms with E-state index >= 15 is 0 Å². The number of ether oxygens (including phenoxy) is 1. The molecule has 0 bridgehead atoms. The first-order valence-electron chi connectivity index (χ1n) is 11.3. The van der Waals surface area contributed by atoms with Gasteiger partial charge >= 0.3 is 0 Å². The van der Waals surface area contributed by atoms with Crippen molar-refractivity contribution in [2.24, 2.45) is 0 Å². The third-order valence-electron chi connectivity index (χ3n) is 5.23. The third kappa shape index (κ3) is 7.22. The van der Waals surface area contributed by atoms with E-state index in [1.54, 1.807) is 86.0 Å². The van der Waals surface area contributed by atoms with Gasteiger partial charge < -0.3 is 19.8 Å². The summed E-state index contributed by atoms with van der Waals surface area (Å²) < 4.78 is 10.5. The van der Waals surface area contributed by atoms with Gasteiger partial charge in [-0.2, -0.15) is 0 Å². The predicted octanol–water partition coefficient (Wildman–Crippen LogP) is 5.67. The van der Waals surface area contributed by atoms with Crippen molar-refractivity contribution in [3.05, 3.63) is 120 Å². The van der Waals surface area contributed by atoms with Gasteiger partial charge in [0.2, 0.25) is 0 Å². The molecule has 0 aliphatic carbocycles. The van der Waals surface area contributed by atoms with Crippen LogP contribution in [0.4, 0.5) is 5.69 Å². The van der Waals surface area contributed by atoms with Crippen molar-refractivity contribution < 1.29 is 23.5 Å². The molecule has 4 rings (SSSR count). The average Bonchev–Trinajstić information content (AvgIpc) is 3.46.